The van der Waals surface area contributed by atoms with Gasteiger partial charge >= 0.3 is 6.18 Å². The van der Waals surface area contributed by atoms with E-state index in [9.17, 15) is 18.0 Å². The Balaban J connectivity index is 1.38. The molecule has 0 radical (unpaired) electrons. The molecular formula is C19H17F3N2O2S2. The lowest BCUT2D eigenvalue weighted by molar-refractivity contribution is -0.153. The van der Waals surface area contributed by atoms with E-state index < -0.39 is 12.8 Å². The van der Waals surface area contributed by atoms with Crippen molar-refractivity contribution in [2.75, 3.05) is 12.4 Å². The zero-order valence-corrected chi connectivity index (χ0v) is 16.3. The molecule has 3 rings (SSSR count). The fourth-order valence-electron chi connectivity index (χ4n) is 2.33. The van der Waals surface area contributed by atoms with Crippen LogP contribution in [0, 0.1) is 0 Å². The molecule has 9 heteroatoms. The molecule has 0 bridgehead atoms. The molecule has 0 aliphatic rings. The van der Waals surface area contributed by atoms with Gasteiger partial charge in [0.2, 0.25) is 5.91 Å². The Morgan fingerprint density at radius 3 is 2.61 bits per heavy atom. The molecule has 1 amide bonds. The van der Waals surface area contributed by atoms with Crippen molar-refractivity contribution < 1.29 is 22.7 Å². The van der Waals surface area contributed by atoms with Crippen molar-refractivity contribution in [2.24, 2.45) is 0 Å². The van der Waals surface area contributed by atoms with Gasteiger partial charge in [0, 0.05) is 12.3 Å². The summed E-state index contributed by atoms with van der Waals surface area (Å²) in [5.41, 5.74) is 1.75. The van der Waals surface area contributed by atoms with Crippen LogP contribution < -0.4 is 10.1 Å². The molecule has 0 aliphatic heterocycles. The van der Waals surface area contributed by atoms with E-state index in [4.69, 9.17) is 0 Å². The van der Waals surface area contributed by atoms with Crippen LogP contribution in [0.2, 0.25) is 0 Å². The number of nitrogens with zero attached hydrogens (tertiary/aromatic N) is 1. The Hall–Kier alpha value is -2.26. The quantitative estimate of drug-likeness (QED) is 0.563. The standard InChI is InChI=1S/C19H17F3N2O2S2/c20-19(21,22)12-26-14-7-5-13(6-8-14)9-23-17(25)10-27-11-18-24-15-3-1-2-4-16(15)28-18/h1-8H,9-12H2,(H,23,25). The molecule has 1 N–H and O–H groups in total. The number of nitrogens with one attached hydrogen (secondary N) is 1. The predicted octanol–water partition coefficient (Wildman–Crippen LogP) is 4.79. The molecule has 2 aromatic carbocycles. The van der Waals surface area contributed by atoms with E-state index in [1.807, 2.05) is 24.3 Å². The maximum Gasteiger partial charge on any atom is 0.422 e. The van der Waals surface area contributed by atoms with Crippen LogP contribution in [0.25, 0.3) is 10.2 Å². The van der Waals surface area contributed by atoms with Gasteiger partial charge in [-0.25, -0.2) is 4.98 Å². The third-order valence-corrected chi connectivity index (χ3v) is 5.78. The number of amides is 1. The van der Waals surface area contributed by atoms with E-state index in [0.717, 1.165) is 20.8 Å². The zero-order chi connectivity index (χ0) is 20.0. The van der Waals surface area contributed by atoms with Crippen LogP contribution in [0.15, 0.2) is 48.5 Å². The number of fused-ring (bicyclic) bond motifs is 1. The molecule has 4 nitrogen and oxygen atoms in total. The summed E-state index contributed by atoms with van der Waals surface area (Å²) in [6.07, 6.45) is -4.37. The number of benzene rings is 2. The number of thioether (sulfide) groups is 1. The maximum atomic E-state index is 12.1. The van der Waals surface area contributed by atoms with Gasteiger partial charge in [-0.05, 0) is 29.8 Å². The average molecular weight is 426 g/mol. The summed E-state index contributed by atoms with van der Waals surface area (Å²) in [4.78, 5) is 16.5. The van der Waals surface area contributed by atoms with E-state index in [1.165, 1.54) is 23.9 Å². The number of ether oxygens (including phenoxy) is 1. The fraction of sp³-hybridized carbons (Fsp3) is 0.263. The van der Waals surface area contributed by atoms with Crippen LogP contribution in [0.3, 0.4) is 0 Å². The van der Waals surface area contributed by atoms with E-state index >= 15 is 0 Å². The normalized spacial score (nSPS) is 11.5. The lowest BCUT2D eigenvalue weighted by Gasteiger charge is -2.10. The number of carbonyl (C=O) groups is 1. The topological polar surface area (TPSA) is 51.2 Å². The van der Waals surface area contributed by atoms with Crippen molar-refractivity contribution in [1.29, 1.82) is 0 Å². The minimum Gasteiger partial charge on any atom is -0.484 e. The molecule has 0 atom stereocenters. The Morgan fingerprint density at radius 1 is 1.14 bits per heavy atom. The Labute approximate surface area is 168 Å². The van der Waals surface area contributed by atoms with Gasteiger partial charge in [0.1, 0.15) is 10.8 Å². The highest BCUT2D eigenvalue weighted by Crippen LogP contribution is 2.24. The second kappa shape index (κ2) is 9.29. The molecule has 148 valence electrons. The number of thiazole rings is 1. The van der Waals surface area contributed by atoms with Gasteiger partial charge in [0.25, 0.3) is 0 Å². The van der Waals surface area contributed by atoms with Gasteiger partial charge in [0.05, 0.1) is 16.0 Å². The largest absolute Gasteiger partial charge is 0.484 e. The first-order chi connectivity index (χ1) is 13.4. The molecule has 1 heterocycles. The van der Waals surface area contributed by atoms with Crippen molar-refractivity contribution >= 4 is 39.2 Å². The average Bonchev–Trinajstić information content (AvgIpc) is 3.08. The molecule has 0 spiro atoms. The summed E-state index contributed by atoms with van der Waals surface area (Å²) >= 11 is 3.11. The highest BCUT2D eigenvalue weighted by Gasteiger charge is 2.28. The highest BCUT2D eigenvalue weighted by molar-refractivity contribution is 7.99. The molecule has 0 aliphatic carbocycles. The first-order valence-electron chi connectivity index (χ1n) is 8.36. The number of hydrogen-bond acceptors (Lipinski definition) is 5. The van der Waals surface area contributed by atoms with Crippen molar-refractivity contribution in [2.45, 2.75) is 18.5 Å². The Kier molecular flexibility index (Phi) is 6.79. The molecule has 0 saturated carbocycles. The van der Waals surface area contributed by atoms with Gasteiger partial charge in [-0.15, -0.1) is 23.1 Å². The SMILES string of the molecule is O=C(CSCc1nc2ccccc2s1)NCc1ccc(OCC(F)(F)F)cc1. The number of halogens is 3. The predicted molar refractivity (Wildman–Crippen MR) is 106 cm³/mol. The summed E-state index contributed by atoms with van der Waals surface area (Å²) in [6.45, 7) is -1.02. The molecule has 1 aromatic heterocycles. The van der Waals surface area contributed by atoms with E-state index in [0.29, 0.717) is 18.1 Å². The summed E-state index contributed by atoms with van der Waals surface area (Å²) < 4.78 is 42.1. The van der Waals surface area contributed by atoms with Crippen LogP contribution in [0.4, 0.5) is 13.2 Å². The van der Waals surface area contributed by atoms with Gasteiger partial charge in [-0.1, -0.05) is 24.3 Å². The van der Waals surface area contributed by atoms with Crippen LogP contribution in [-0.2, 0) is 17.1 Å². The molecule has 0 fully saturated rings. The third-order valence-electron chi connectivity index (χ3n) is 3.61. The number of hydrogen-bond donors (Lipinski definition) is 1. The van der Waals surface area contributed by atoms with E-state index in [1.54, 1.807) is 23.5 Å². The summed E-state index contributed by atoms with van der Waals surface area (Å²) in [5.74, 6) is 1.00. The second-order valence-electron chi connectivity index (χ2n) is 5.89. The Morgan fingerprint density at radius 2 is 1.89 bits per heavy atom. The lowest BCUT2D eigenvalue weighted by atomic mass is 10.2. The fourth-order valence-corrected chi connectivity index (χ4v) is 4.21. The van der Waals surface area contributed by atoms with E-state index in [2.05, 4.69) is 15.0 Å². The minimum atomic E-state index is -4.37. The molecule has 28 heavy (non-hydrogen) atoms. The number of para-hydroxylation sites is 1. The molecule has 3 aromatic rings. The van der Waals surface area contributed by atoms with Gasteiger partial charge in [-0.3, -0.25) is 4.79 Å². The van der Waals surface area contributed by atoms with Crippen LogP contribution >= 0.6 is 23.1 Å². The second-order valence-corrected chi connectivity index (χ2v) is 7.99. The number of alkyl halides is 3. The van der Waals surface area contributed by atoms with Crippen molar-refractivity contribution in [3.8, 4) is 5.75 Å². The first kappa shape index (κ1) is 20.5. The minimum absolute atomic E-state index is 0.108. The van der Waals surface area contributed by atoms with Crippen molar-refractivity contribution in [3.63, 3.8) is 0 Å². The smallest absolute Gasteiger partial charge is 0.422 e. The zero-order valence-electron chi connectivity index (χ0n) is 14.7. The van der Waals surface area contributed by atoms with Crippen LogP contribution in [0.1, 0.15) is 10.6 Å². The molecular weight excluding hydrogens is 409 g/mol. The number of aromatic nitrogens is 1. The van der Waals surface area contributed by atoms with Gasteiger partial charge in [-0.2, -0.15) is 13.2 Å². The van der Waals surface area contributed by atoms with Crippen molar-refractivity contribution in [3.05, 3.63) is 59.1 Å². The summed E-state index contributed by atoms with van der Waals surface area (Å²) in [5, 5.41) is 3.77. The van der Waals surface area contributed by atoms with E-state index in [-0.39, 0.29) is 11.7 Å². The molecule has 0 unspecified atom stereocenters. The summed E-state index contributed by atoms with van der Waals surface area (Å²) in [7, 11) is 0. The maximum absolute atomic E-state index is 12.1. The lowest BCUT2D eigenvalue weighted by Crippen LogP contribution is -2.24. The monoisotopic (exact) mass is 426 g/mol. The highest BCUT2D eigenvalue weighted by atomic mass is 32.2. The molecule has 0 saturated heterocycles. The van der Waals surface area contributed by atoms with Gasteiger partial charge in [0.15, 0.2) is 6.61 Å². The summed E-state index contributed by atoms with van der Waals surface area (Å²) in [6, 6.07) is 14.1. The van der Waals surface area contributed by atoms with Crippen molar-refractivity contribution in [1.82, 2.24) is 10.3 Å². The van der Waals surface area contributed by atoms with Crippen LogP contribution in [0.5, 0.6) is 5.75 Å². The number of carbonyl (C=O) groups excluding carboxylic acids is 1. The third kappa shape index (κ3) is 6.42. The Bertz CT molecular complexity index is 894. The van der Waals surface area contributed by atoms with Crippen LogP contribution in [-0.4, -0.2) is 29.4 Å². The van der Waals surface area contributed by atoms with Gasteiger partial charge < -0.3 is 10.1 Å². The number of rotatable bonds is 8. The first-order valence-corrected chi connectivity index (χ1v) is 10.3.